The van der Waals surface area contributed by atoms with E-state index in [4.69, 9.17) is 5.26 Å². The molecule has 0 spiro atoms. The molecule has 1 heterocycles. The molecule has 1 aliphatic carbocycles. The summed E-state index contributed by atoms with van der Waals surface area (Å²) in [5.74, 6) is 0.893. The van der Waals surface area contributed by atoms with E-state index in [1.807, 2.05) is 4.68 Å². The predicted octanol–water partition coefficient (Wildman–Crippen LogP) is 0.821. The average molecular weight is 252 g/mol. The summed E-state index contributed by atoms with van der Waals surface area (Å²) in [5.41, 5.74) is 0. The van der Waals surface area contributed by atoms with Gasteiger partial charge in [0.2, 0.25) is 5.16 Å². The SMILES string of the molecule is N#CCCCSc1nnnn1CCNC1CC1. The molecule has 92 valence electrons. The molecule has 0 saturated heterocycles. The van der Waals surface area contributed by atoms with Crippen LogP contribution in [0.25, 0.3) is 0 Å². The Morgan fingerprint density at radius 2 is 2.41 bits per heavy atom. The van der Waals surface area contributed by atoms with Crippen LogP contribution in [0.1, 0.15) is 25.7 Å². The minimum Gasteiger partial charge on any atom is -0.312 e. The van der Waals surface area contributed by atoms with Crippen LogP contribution in [0.5, 0.6) is 0 Å². The Balaban J connectivity index is 1.69. The molecule has 0 radical (unpaired) electrons. The standard InChI is InChI=1S/C10H16N6S/c11-5-1-2-8-17-10-13-14-15-16(10)7-6-12-9-3-4-9/h9,12H,1-4,6-8H2. The molecule has 1 N–H and O–H groups in total. The van der Waals surface area contributed by atoms with Crippen LogP contribution in [0.4, 0.5) is 0 Å². The first-order valence-electron chi connectivity index (χ1n) is 5.89. The van der Waals surface area contributed by atoms with E-state index in [2.05, 4.69) is 26.9 Å². The third-order valence-corrected chi connectivity index (χ3v) is 3.54. The summed E-state index contributed by atoms with van der Waals surface area (Å²) in [6.45, 7) is 1.73. The second-order valence-electron chi connectivity index (χ2n) is 4.02. The summed E-state index contributed by atoms with van der Waals surface area (Å²) in [6.07, 6.45) is 4.07. The molecule has 0 unspecified atom stereocenters. The molecule has 0 aliphatic heterocycles. The van der Waals surface area contributed by atoms with Crippen molar-refractivity contribution in [3.63, 3.8) is 0 Å². The normalized spacial score (nSPS) is 14.8. The fourth-order valence-electron chi connectivity index (χ4n) is 1.42. The summed E-state index contributed by atoms with van der Waals surface area (Å²) in [4.78, 5) is 0. The van der Waals surface area contributed by atoms with Crippen LogP contribution in [0, 0.1) is 11.3 Å². The zero-order valence-electron chi connectivity index (χ0n) is 9.67. The molecule has 1 aliphatic rings. The maximum atomic E-state index is 8.44. The predicted molar refractivity (Wildman–Crippen MR) is 64.4 cm³/mol. The van der Waals surface area contributed by atoms with Crippen LogP contribution in [-0.2, 0) is 6.54 Å². The van der Waals surface area contributed by atoms with Crippen molar-refractivity contribution in [3.05, 3.63) is 0 Å². The van der Waals surface area contributed by atoms with Crippen LogP contribution in [0.15, 0.2) is 5.16 Å². The maximum absolute atomic E-state index is 8.44. The maximum Gasteiger partial charge on any atom is 0.209 e. The lowest BCUT2D eigenvalue weighted by Crippen LogP contribution is -2.22. The lowest BCUT2D eigenvalue weighted by Gasteiger charge is -2.04. The van der Waals surface area contributed by atoms with Crippen molar-refractivity contribution in [1.82, 2.24) is 25.5 Å². The van der Waals surface area contributed by atoms with Crippen LogP contribution in [-0.4, -0.2) is 38.5 Å². The van der Waals surface area contributed by atoms with Gasteiger partial charge in [-0.15, -0.1) is 5.10 Å². The molecule has 2 rings (SSSR count). The Bertz CT molecular complexity index is 380. The molecular weight excluding hydrogens is 236 g/mol. The molecular formula is C10H16N6S. The van der Waals surface area contributed by atoms with Crippen LogP contribution >= 0.6 is 11.8 Å². The highest BCUT2D eigenvalue weighted by Crippen LogP contribution is 2.18. The highest BCUT2D eigenvalue weighted by molar-refractivity contribution is 7.99. The van der Waals surface area contributed by atoms with Gasteiger partial charge in [0.15, 0.2) is 0 Å². The summed E-state index contributed by atoms with van der Waals surface area (Å²) >= 11 is 1.62. The molecule has 0 amide bonds. The van der Waals surface area contributed by atoms with E-state index in [0.29, 0.717) is 6.42 Å². The fourth-order valence-corrected chi connectivity index (χ4v) is 2.26. The molecule has 1 saturated carbocycles. The second-order valence-corrected chi connectivity index (χ2v) is 5.09. The van der Waals surface area contributed by atoms with Gasteiger partial charge in [0.25, 0.3) is 0 Å². The van der Waals surface area contributed by atoms with Gasteiger partial charge in [-0.2, -0.15) is 5.26 Å². The number of aromatic nitrogens is 4. The summed E-state index contributed by atoms with van der Waals surface area (Å²) in [5, 5.41) is 24.3. The van der Waals surface area contributed by atoms with Gasteiger partial charge in [0, 0.05) is 24.8 Å². The fraction of sp³-hybridized carbons (Fsp3) is 0.800. The lowest BCUT2D eigenvalue weighted by molar-refractivity contribution is 0.509. The first kappa shape index (κ1) is 12.3. The van der Waals surface area contributed by atoms with Crippen LogP contribution in [0.2, 0.25) is 0 Å². The molecule has 0 aromatic carbocycles. The summed E-state index contributed by atoms with van der Waals surface area (Å²) in [6, 6.07) is 2.85. The van der Waals surface area contributed by atoms with Crippen molar-refractivity contribution < 1.29 is 0 Å². The number of unbranched alkanes of at least 4 members (excludes halogenated alkanes) is 1. The van der Waals surface area contributed by atoms with Gasteiger partial charge in [-0.3, -0.25) is 0 Å². The molecule has 0 atom stereocenters. The highest BCUT2D eigenvalue weighted by Gasteiger charge is 2.19. The number of rotatable bonds is 8. The molecule has 1 aromatic rings. The second kappa shape index (κ2) is 6.57. The average Bonchev–Trinajstić information content (AvgIpc) is 3.05. The van der Waals surface area contributed by atoms with Crippen molar-refractivity contribution in [1.29, 1.82) is 5.26 Å². The largest absolute Gasteiger partial charge is 0.312 e. The number of nitrogens with one attached hydrogen (secondary N) is 1. The molecule has 17 heavy (non-hydrogen) atoms. The smallest absolute Gasteiger partial charge is 0.209 e. The van der Waals surface area contributed by atoms with Crippen molar-refractivity contribution >= 4 is 11.8 Å². The van der Waals surface area contributed by atoms with Gasteiger partial charge < -0.3 is 5.32 Å². The monoisotopic (exact) mass is 252 g/mol. The van der Waals surface area contributed by atoms with Gasteiger partial charge in [-0.05, 0) is 29.7 Å². The Kier molecular flexibility index (Phi) is 4.76. The van der Waals surface area contributed by atoms with Gasteiger partial charge in [0.05, 0.1) is 12.6 Å². The number of nitrogens with zero attached hydrogens (tertiary/aromatic N) is 5. The Hall–Kier alpha value is -1.13. The van der Waals surface area contributed by atoms with Crippen LogP contribution < -0.4 is 5.32 Å². The summed E-state index contributed by atoms with van der Waals surface area (Å²) in [7, 11) is 0. The number of nitriles is 1. The third-order valence-electron chi connectivity index (χ3n) is 2.50. The number of tetrazole rings is 1. The minimum absolute atomic E-state index is 0.595. The van der Waals surface area contributed by atoms with E-state index in [0.717, 1.165) is 36.5 Å². The van der Waals surface area contributed by atoms with E-state index in [1.165, 1.54) is 12.8 Å². The third kappa shape index (κ3) is 4.32. The zero-order valence-corrected chi connectivity index (χ0v) is 10.5. The summed E-state index contributed by atoms with van der Waals surface area (Å²) < 4.78 is 1.83. The van der Waals surface area contributed by atoms with Crippen LogP contribution in [0.3, 0.4) is 0 Å². The number of hydrogen-bond donors (Lipinski definition) is 1. The minimum atomic E-state index is 0.595. The molecule has 7 heteroatoms. The van der Waals surface area contributed by atoms with Crippen molar-refractivity contribution in [2.24, 2.45) is 0 Å². The van der Waals surface area contributed by atoms with Crippen molar-refractivity contribution in [2.45, 2.75) is 43.4 Å². The Morgan fingerprint density at radius 1 is 1.53 bits per heavy atom. The Labute approximate surface area is 105 Å². The molecule has 6 nitrogen and oxygen atoms in total. The van der Waals surface area contributed by atoms with E-state index < -0.39 is 0 Å². The first-order valence-corrected chi connectivity index (χ1v) is 6.88. The molecule has 0 bridgehead atoms. The van der Waals surface area contributed by atoms with Crippen molar-refractivity contribution in [2.75, 3.05) is 12.3 Å². The van der Waals surface area contributed by atoms with Gasteiger partial charge in [-0.25, -0.2) is 4.68 Å². The van der Waals surface area contributed by atoms with E-state index >= 15 is 0 Å². The van der Waals surface area contributed by atoms with E-state index in [1.54, 1.807) is 11.8 Å². The van der Waals surface area contributed by atoms with Gasteiger partial charge in [0.1, 0.15) is 0 Å². The topological polar surface area (TPSA) is 79.4 Å². The lowest BCUT2D eigenvalue weighted by atomic mass is 10.4. The van der Waals surface area contributed by atoms with Gasteiger partial charge >= 0.3 is 0 Å². The van der Waals surface area contributed by atoms with E-state index in [-0.39, 0.29) is 0 Å². The highest BCUT2D eigenvalue weighted by atomic mass is 32.2. The molecule has 1 aromatic heterocycles. The van der Waals surface area contributed by atoms with Crippen molar-refractivity contribution in [3.8, 4) is 6.07 Å². The quantitative estimate of drug-likeness (QED) is 0.545. The number of hydrogen-bond acceptors (Lipinski definition) is 6. The molecule has 1 fully saturated rings. The first-order chi connectivity index (χ1) is 8.40. The zero-order chi connectivity index (χ0) is 11.9. The van der Waals surface area contributed by atoms with E-state index in [9.17, 15) is 0 Å². The number of thioether (sulfide) groups is 1. The van der Waals surface area contributed by atoms with Gasteiger partial charge in [-0.1, -0.05) is 11.8 Å². The Morgan fingerprint density at radius 3 is 3.18 bits per heavy atom.